The number of benzene rings is 1. The van der Waals surface area contributed by atoms with Crippen LogP contribution in [0.25, 0.3) is 0 Å². The van der Waals surface area contributed by atoms with Gasteiger partial charge in [-0.25, -0.2) is 0 Å². The number of pyridine rings is 1. The molecule has 0 fully saturated rings. The molecule has 6 nitrogen and oxygen atoms in total. The van der Waals surface area contributed by atoms with Crippen molar-refractivity contribution >= 4 is 17.6 Å². The number of carbonyl (C=O) groups excluding carboxylic acids is 1. The number of hydrogen-bond donors (Lipinski definition) is 0. The van der Waals surface area contributed by atoms with Gasteiger partial charge in [0.05, 0.1) is 5.02 Å². The molecule has 138 valence electrons. The van der Waals surface area contributed by atoms with Gasteiger partial charge in [0.25, 0.3) is 5.56 Å². The van der Waals surface area contributed by atoms with Crippen LogP contribution in [0.4, 0.5) is 13.2 Å². The van der Waals surface area contributed by atoms with E-state index in [4.69, 9.17) is 25.8 Å². The molecule has 1 aliphatic rings. The third-order valence-electron chi connectivity index (χ3n) is 3.51. The third kappa shape index (κ3) is 3.77. The monoisotopic (exact) mass is 389 g/mol. The second kappa shape index (κ2) is 6.91. The molecule has 26 heavy (non-hydrogen) atoms. The molecule has 0 amide bonds. The molecule has 0 aliphatic carbocycles. The number of esters is 1. The zero-order valence-corrected chi connectivity index (χ0v) is 13.8. The summed E-state index contributed by atoms with van der Waals surface area (Å²) in [5.41, 5.74) is -2.16. The maximum Gasteiger partial charge on any atom is 0.421 e. The maximum absolute atomic E-state index is 12.7. The highest BCUT2D eigenvalue weighted by Crippen LogP contribution is 2.39. The summed E-state index contributed by atoms with van der Waals surface area (Å²) >= 11 is 6.00. The summed E-state index contributed by atoms with van der Waals surface area (Å²) in [6.45, 7) is -0.819. The number of carbonyl (C=O) groups is 1. The lowest BCUT2D eigenvalue weighted by atomic mass is 10.2. The fourth-order valence-corrected chi connectivity index (χ4v) is 2.62. The highest BCUT2D eigenvalue weighted by atomic mass is 35.5. The minimum absolute atomic E-state index is 0.0246. The van der Waals surface area contributed by atoms with Gasteiger partial charge in [0.1, 0.15) is 18.7 Å². The van der Waals surface area contributed by atoms with E-state index in [1.165, 1.54) is 6.07 Å². The summed E-state index contributed by atoms with van der Waals surface area (Å²) in [5.74, 6) is -0.0879. The predicted molar refractivity (Wildman–Crippen MR) is 83.1 cm³/mol. The minimum Gasteiger partial charge on any atom is -0.459 e. The first-order valence-electron chi connectivity index (χ1n) is 7.26. The van der Waals surface area contributed by atoms with Crippen molar-refractivity contribution in [1.82, 2.24) is 4.57 Å². The van der Waals surface area contributed by atoms with E-state index in [1.54, 1.807) is 6.07 Å². The van der Waals surface area contributed by atoms with Crippen molar-refractivity contribution in [1.29, 1.82) is 0 Å². The topological polar surface area (TPSA) is 66.8 Å². The second-order valence-electron chi connectivity index (χ2n) is 5.32. The number of alkyl halides is 3. The Bertz CT molecular complexity index is 910. The highest BCUT2D eigenvalue weighted by Gasteiger charge is 2.34. The average Bonchev–Trinajstić information content (AvgIpc) is 3.03. The van der Waals surface area contributed by atoms with E-state index >= 15 is 0 Å². The van der Waals surface area contributed by atoms with E-state index < -0.39 is 29.8 Å². The van der Waals surface area contributed by atoms with Crippen molar-refractivity contribution < 1.29 is 32.2 Å². The van der Waals surface area contributed by atoms with Crippen molar-refractivity contribution in [3.63, 3.8) is 0 Å². The zero-order valence-electron chi connectivity index (χ0n) is 13.0. The van der Waals surface area contributed by atoms with Gasteiger partial charge >= 0.3 is 12.1 Å². The summed E-state index contributed by atoms with van der Waals surface area (Å²) in [5, 5.41) is 0.278. The third-order valence-corrected chi connectivity index (χ3v) is 3.79. The second-order valence-corrected chi connectivity index (χ2v) is 5.73. The quantitative estimate of drug-likeness (QED) is 0.752. The molecule has 0 unspecified atom stereocenters. The van der Waals surface area contributed by atoms with Crippen LogP contribution in [-0.4, -0.2) is 17.3 Å². The van der Waals surface area contributed by atoms with Crippen LogP contribution in [0.3, 0.4) is 0 Å². The van der Waals surface area contributed by atoms with E-state index in [9.17, 15) is 22.8 Å². The molecule has 0 radical (unpaired) electrons. The fourth-order valence-electron chi connectivity index (χ4n) is 2.33. The number of fused-ring (bicyclic) bond motifs is 1. The average molecular weight is 390 g/mol. The first kappa shape index (κ1) is 18.1. The number of nitrogens with zero attached hydrogens (tertiary/aromatic N) is 1. The smallest absolute Gasteiger partial charge is 0.421 e. The molecule has 0 spiro atoms. The van der Waals surface area contributed by atoms with Crippen LogP contribution >= 0.6 is 11.6 Å². The van der Waals surface area contributed by atoms with Gasteiger partial charge in [-0.3, -0.25) is 9.59 Å². The van der Waals surface area contributed by atoms with Crippen molar-refractivity contribution in [3.05, 3.63) is 57.0 Å². The molecule has 2 heterocycles. The first-order chi connectivity index (χ1) is 12.3. The van der Waals surface area contributed by atoms with Gasteiger partial charge in [-0.2, -0.15) is 13.2 Å². The van der Waals surface area contributed by atoms with E-state index in [0.29, 0.717) is 27.7 Å². The van der Waals surface area contributed by atoms with Gasteiger partial charge < -0.3 is 18.8 Å². The Balaban J connectivity index is 1.67. The van der Waals surface area contributed by atoms with Crippen LogP contribution in [-0.2, 0) is 28.9 Å². The first-order valence-corrected chi connectivity index (χ1v) is 7.64. The molecule has 0 atom stereocenters. The van der Waals surface area contributed by atoms with E-state index in [2.05, 4.69) is 0 Å². The van der Waals surface area contributed by atoms with E-state index in [1.807, 2.05) is 0 Å². The molecule has 0 saturated heterocycles. The van der Waals surface area contributed by atoms with Crippen LogP contribution in [0, 0.1) is 0 Å². The summed E-state index contributed by atoms with van der Waals surface area (Å²) in [6, 6.07) is 4.77. The summed E-state index contributed by atoms with van der Waals surface area (Å²) < 4.78 is 54.1. The van der Waals surface area contributed by atoms with Gasteiger partial charge in [-0.1, -0.05) is 11.6 Å². The molecule has 0 bridgehead atoms. The minimum atomic E-state index is -4.80. The van der Waals surface area contributed by atoms with Gasteiger partial charge in [-0.15, -0.1) is 0 Å². The molecular formula is C16H11ClF3NO5. The molecule has 10 heteroatoms. The van der Waals surface area contributed by atoms with E-state index in [0.717, 1.165) is 12.3 Å². The molecule has 1 aromatic carbocycles. The fraction of sp³-hybridized carbons (Fsp3) is 0.250. The number of rotatable bonds is 4. The normalized spacial score (nSPS) is 12.9. The van der Waals surface area contributed by atoms with Crippen molar-refractivity contribution in [2.75, 3.05) is 6.79 Å². The lowest BCUT2D eigenvalue weighted by molar-refractivity contribution is -0.146. The Morgan fingerprint density at radius 3 is 2.81 bits per heavy atom. The largest absolute Gasteiger partial charge is 0.459 e. The molecule has 1 aromatic heterocycles. The van der Waals surface area contributed by atoms with Gasteiger partial charge in [0.15, 0.2) is 11.5 Å². The molecule has 2 aromatic rings. The molecule has 0 N–H and O–H groups in total. The standard InChI is InChI=1S/C16H11ClF3NO5/c17-11-4-9(5-12-14(11)26-8-25-12)7-24-13(22)6-21-3-1-2-10(15(21)23)16(18,19)20/h1-5H,6-8H2. The number of ether oxygens (including phenoxy) is 3. The van der Waals surface area contributed by atoms with Crippen LogP contribution in [0.1, 0.15) is 11.1 Å². The Hall–Kier alpha value is -2.68. The van der Waals surface area contributed by atoms with Gasteiger partial charge in [0, 0.05) is 6.20 Å². The predicted octanol–water partition coefficient (Wildman–Crippen LogP) is 2.99. The van der Waals surface area contributed by atoms with Gasteiger partial charge in [0.2, 0.25) is 6.79 Å². The lowest BCUT2D eigenvalue weighted by Crippen LogP contribution is -2.30. The van der Waals surface area contributed by atoms with Crippen molar-refractivity contribution in [3.8, 4) is 11.5 Å². The number of hydrogen-bond acceptors (Lipinski definition) is 5. The SMILES string of the molecule is O=C(Cn1cccc(C(F)(F)F)c1=O)OCc1cc(Cl)c2c(c1)OCO2. The number of aromatic nitrogens is 1. The van der Waals surface area contributed by atoms with Crippen molar-refractivity contribution in [2.45, 2.75) is 19.3 Å². The van der Waals surface area contributed by atoms with Crippen LogP contribution in [0.2, 0.25) is 5.02 Å². The van der Waals surface area contributed by atoms with E-state index in [-0.39, 0.29) is 18.4 Å². The Labute approximate surface area is 149 Å². The molecule has 3 rings (SSSR count). The molecule has 0 saturated carbocycles. The Morgan fingerprint density at radius 1 is 1.31 bits per heavy atom. The Morgan fingerprint density at radius 2 is 2.08 bits per heavy atom. The summed E-state index contributed by atoms with van der Waals surface area (Å²) in [4.78, 5) is 23.7. The molecule has 1 aliphatic heterocycles. The number of halogens is 4. The Kier molecular flexibility index (Phi) is 4.82. The lowest BCUT2D eigenvalue weighted by Gasteiger charge is -2.10. The van der Waals surface area contributed by atoms with Crippen LogP contribution in [0.5, 0.6) is 11.5 Å². The summed E-state index contributed by atoms with van der Waals surface area (Å²) in [6.07, 6.45) is -3.72. The summed E-state index contributed by atoms with van der Waals surface area (Å²) in [7, 11) is 0. The maximum atomic E-state index is 12.7. The highest BCUT2D eigenvalue weighted by molar-refractivity contribution is 6.32. The van der Waals surface area contributed by atoms with Crippen LogP contribution < -0.4 is 15.0 Å². The molecular weight excluding hydrogens is 379 g/mol. The van der Waals surface area contributed by atoms with Gasteiger partial charge in [-0.05, 0) is 29.8 Å². The zero-order chi connectivity index (χ0) is 18.9. The van der Waals surface area contributed by atoms with Crippen molar-refractivity contribution in [2.24, 2.45) is 0 Å². The van der Waals surface area contributed by atoms with Crippen LogP contribution in [0.15, 0.2) is 35.3 Å².